The van der Waals surface area contributed by atoms with Crippen molar-refractivity contribution in [3.05, 3.63) is 0 Å². The maximum atomic E-state index is 5.98. The standard InChI is InChI=1S/C16H33N3O2.HI/c1-7-8-9-21-14-10-13(16(14,3)4)19-15(17-5)18-12(2)11-20-6;/h12-14H,7-11H2,1-6H3,(H2,17,18,19);1H. The Morgan fingerprint density at radius 1 is 1.41 bits per heavy atom. The summed E-state index contributed by atoms with van der Waals surface area (Å²) in [6, 6.07) is 0.631. The molecule has 0 aromatic heterocycles. The van der Waals surface area contributed by atoms with E-state index < -0.39 is 0 Å². The summed E-state index contributed by atoms with van der Waals surface area (Å²) in [5.74, 6) is 0.838. The van der Waals surface area contributed by atoms with Crippen LogP contribution >= 0.6 is 24.0 Å². The fourth-order valence-corrected chi connectivity index (χ4v) is 2.64. The van der Waals surface area contributed by atoms with Gasteiger partial charge in [0.2, 0.25) is 0 Å². The van der Waals surface area contributed by atoms with Crippen molar-refractivity contribution < 1.29 is 9.47 Å². The zero-order valence-corrected chi connectivity index (χ0v) is 17.3. The monoisotopic (exact) mass is 427 g/mol. The highest BCUT2D eigenvalue weighted by atomic mass is 127. The lowest BCUT2D eigenvalue weighted by Crippen LogP contribution is -2.64. The Kier molecular flexibility index (Phi) is 10.6. The van der Waals surface area contributed by atoms with Crippen molar-refractivity contribution in [1.29, 1.82) is 0 Å². The summed E-state index contributed by atoms with van der Waals surface area (Å²) in [5, 5.41) is 6.85. The molecule has 5 nitrogen and oxygen atoms in total. The maximum absolute atomic E-state index is 5.98. The number of hydrogen-bond donors (Lipinski definition) is 2. The summed E-state index contributed by atoms with van der Waals surface area (Å²) in [6.07, 6.45) is 3.71. The van der Waals surface area contributed by atoms with Crippen LogP contribution in [0.3, 0.4) is 0 Å². The molecule has 1 aliphatic rings. The van der Waals surface area contributed by atoms with Crippen LogP contribution in [0.15, 0.2) is 4.99 Å². The third-order valence-electron chi connectivity index (χ3n) is 4.33. The number of nitrogens with zero attached hydrogens (tertiary/aromatic N) is 1. The first-order chi connectivity index (χ1) is 9.95. The summed E-state index contributed by atoms with van der Waals surface area (Å²) in [5.41, 5.74) is 0.135. The number of rotatable bonds is 8. The highest BCUT2D eigenvalue weighted by molar-refractivity contribution is 14.0. The largest absolute Gasteiger partial charge is 0.383 e. The maximum Gasteiger partial charge on any atom is 0.191 e. The summed E-state index contributed by atoms with van der Waals surface area (Å²) in [6.45, 7) is 10.3. The van der Waals surface area contributed by atoms with Crippen LogP contribution in [0.4, 0.5) is 0 Å². The van der Waals surface area contributed by atoms with Gasteiger partial charge in [0.25, 0.3) is 0 Å². The number of aliphatic imine (C=N–C) groups is 1. The van der Waals surface area contributed by atoms with E-state index in [9.17, 15) is 0 Å². The minimum absolute atomic E-state index is 0. The molecule has 1 fully saturated rings. The van der Waals surface area contributed by atoms with Gasteiger partial charge in [0, 0.05) is 38.3 Å². The number of ether oxygens (including phenoxy) is 2. The molecule has 6 heteroatoms. The Morgan fingerprint density at radius 2 is 2.09 bits per heavy atom. The first-order valence-electron chi connectivity index (χ1n) is 8.06. The topological polar surface area (TPSA) is 54.9 Å². The highest BCUT2D eigenvalue weighted by Crippen LogP contribution is 2.42. The first-order valence-corrected chi connectivity index (χ1v) is 8.06. The first kappa shape index (κ1) is 21.9. The molecule has 0 aromatic carbocycles. The number of methoxy groups -OCH3 is 1. The van der Waals surface area contributed by atoms with Crippen LogP contribution in [0, 0.1) is 5.41 Å². The van der Waals surface area contributed by atoms with Crippen molar-refractivity contribution in [1.82, 2.24) is 10.6 Å². The van der Waals surface area contributed by atoms with Crippen molar-refractivity contribution in [2.24, 2.45) is 10.4 Å². The molecular formula is C16H34IN3O2. The predicted molar refractivity (Wildman–Crippen MR) is 103 cm³/mol. The number of halogens is 1. The van der Waals surface area contributed by atoms with Gasteiger partial charge < -0.3 is 20.1 Å². The van der Waals surface area contributed by atoms with E-state index in [4.69, 9.17) is 9.47 Å². The molecule has 3 atom stereocenters. The van der Waals surface area contributed by atoms with Crippen LogP contribution in [0.5, 0.6) is 0 Å². The molecule has 1 saturated carbocycles. The van der Waals surface area contributed by atoms with Crippen molar-refractivity contribution in [2.75, 3.05) is 27.4 Å². The van der Waals surface area contributed by atoms with E-state index in [-0.39, 0.29) is 35.4 Å². The average molecular weight is 427 g/mol. The van der Waals surface area contributed by atoms with E-state index in [1.54, 1.807) is 14.2 Å². The fourth-order valence-electron chi connectivity index (χ4n) is 2.64. The predicted octanol–water partition coefficient (Wildman–Crippen LogP) is 2.79. The Bertz CT molecular complexity index is 337. The third-order valence-corrected chi connectivity index (χ3v) is 4.33. The Hall–Kier alpha value is -0.0800. The lowest BCUT2D eigenvalue weighted by atomic mass is 9.64. The molecule has 22 heavy (non-hydrogen) atoms. The van der Waals surface area contributed by atoms with E-state index in [0.717, 1.165) is 25.4 Å². The van der Waals surface area contributed by atoms with E-state index in [0.29, 0.717) is 18.8 Å². The molecule has 0 saturated heterocycles. The van der Waals surface area contributed by atoms with Gasteiger partial charge in [0.05, 0.1) is 12.7 Å². The molecule has 0 amide bonds. The smallest absolute Gasteiger partial charge is 0.191 e. The van der Waals surface area contributed by atoms with Gasteiger partial charge >= 0.3 is 0 Å². The van der Waals surface area contributed by atoms with E-state index >= 15 is 0 Å². The molecule has 0 radical (unpaired) electrons. The second kappa shape index (κ2) is 10.6. The van der Waals surface area contributed by atoms with Crippen molar-refractivity contribution in [2.45, 2.75) is 65.1 Å². The quantitative estimate of drug-likeness (QED) is 0.271. The zero-order chi connectivity index (χ0) is 15.9. The molecule has 3 unspecified atom stereocenters. The minimum atomic E-state index is 0. The fraction of sp³-hybridized carbons (Fsp3) is 0.938. The number of hydrogen-bond acceptors (Lipinski definition) is 3. The number of guanidine groups is 1. The number of nitrogens with one attached hydrogen (secondary N) is 2. The molecular weight excluding hydrogens is 393 g/mol. The Morgan fingerprint density at radius 3 is 2.59 bits per heavy atom. The van der Waals surface area contributed by atoms with Crippen LogP contribution in [-0.4, -0.2) is 51.5 Å². The summed E-state index contributed by atoms with van der Waals surface area (Å²) in [7, 11) is 3.51. The van der Waals surface area contributed by atoms with Crippen molar-refractivity contribution in [3.63, 3.8) is 0 Å². The van der Waals surface area contributed by atoms with E-state index in [2.05, 4.69) is 43.3 Å². The van der Waals surface area contributed by atoms with Crippen molar-refractivity contribution >= 4 is 29.9 Å². The molecule has 0 heterocycles. The van der Waals surface area contributed by atoms with Gasteiger partial charge in [0.1, 0.15) is 0 Å². The van der Waals surface area contributed by atoms with Gasteiger partial charge in [-0.05, 0) is 19.8 Å². The summed E-state index contributed by atoms with van der Waals surface area (Å²) < 4.78 is 11.1. The highest BCUT2D eigenvalue weighted by Gasteiger charge is 2.49. The Labute approximate surface area is 153 Å². The van der Waals surface area contributed by atoms with Crippen LogP contribution < -0.4 is 10.6 Å². The molecule has 2 N–H and O–H groups in total. The second-order valence-electron chi connectivity index (χ2n) is 6.54. The van der Waals surface area contributed by atoms with Crippen LogP contribution in [-0.2, 0) is 9.47 Å². The van der Waals surface area contributed by atoms with Crippen molar-refractivity contribution in [3.8, 4) is 0 Å². The van der Waals surface area contributed by atoms with Gasteiger partial charge in [-0.15, -0.1) is 24.0 Å². The molecule has 1 aliphatic carbocycles. The number of unbranched alkanes of at least 4 members (excludes halogenated alkanes) is 1. The van der Waals surface area contributed by atoms with Gasteiger partial charge in [-0.1, -0.05) is 27.2 Å². The van der Waals surface area contributed by atoms with E-state index in [1.165, 1.54) is 6.42 Å². The molecule has 132 valence electrons. The average Bonchev–Trinajstić information content (AvgIpc) is 2.44. The normalized spacial score (nSPS) is 24.9. The lowest BCUT2D eigenvalue weighted by Gasteiger charge is -2.52. The molecule has 0 aliphatic heterocycles. The lowest BCUT2D eigenvalue weighted by molar-refractivity contribution is -0.113. The van der Waals surface area contributed by atoms with Gasteiger partial charge in [-0.25, -0.2) is 0 Å². The van der Waals surface area contributed by atoms with Crippen LogP contribution in [0.2, 0.25) is 0 Å². The third kappa shape index (κ3) is 6.20. The molecule has 0 spiro atoms. The van der Waals surface area contributed by atoms with Crippen LogP contribution in [0.25, 0.3) is 0 Å². The minimum Gasteiger partial charge on any atom is -0.383 e. The zero-order valence-electron chi connectivity index (χ0n) is 14.9. The van der Waals surface area contributed by atoms with Gasteiger partial charge in [0.15, 0.2) is 5.96 Å². The van der Waals surface area contributed by atoms with Gasteiger partial charge in [-0.2, -0.15) is 0 Å². The molecule has 0 bridgehead atoms. The summed E-state index contributed by atoms with van der Waals surface area (Å²) in [4.78, 5) is 4.30. The summed E-state index contributed by atoms with van der Waals surface area (Å²) >= 11 is 0. The molecule has 1 rings (SSSR count). The Balaban J connectivity index is 0.00000441. The van der Waals surface area contributed by atoms with Gasteiger partial charge in [-0.3, -0.25) is 4.99 Å². The van der Waals surface area contributed by atoms with Crippen LogP contribution in [0.1, 0.15) is 47.0 Å². The van der Waals surface area contributed by atoms with E-state index in [1.807, 2.05) is 0 Å². The SMILES string of the molecule is CCCCOC1CC(NC(=NC)NC(C)COC)C1(C)C.I. The molecule has 0 aromatic rings. The second-order valence-corrected chi connectivity index (χ2v) is 6.54.